The van der Waals surface area contributed by atoms with Crippen molar-refractivity contribution in [2.45, 2.75) is 26.3 Å². The number of fused-ring (bicyclic) bond motifs is 1. The number of aromatic nitrogens is 2. The summed E-state index contributed by atoms with van der Waals surface area (Å²) in [6.07, 6.45) is 2.53. The molecule has 0 bridgehead atoms. The van der Waals surface area contributed by atoms with Crippen molar-refractivity contribution in [1.29, 1.82) is 0 Å². The first-order chi connectivity index (χ1) is 10.2. The highest BCUT2D eigenvalue weighted by Gasteiger charge is 2.29. The van der Waals surface area contributed by atoms with Crippen molar-refractivity contribution in [2.75, 3.05) is 18.0 Å². The lowest BCUT2D eigenvalue weighted by Gasteiger charge is -2.34. The van der Waals surface area contributed by atoms with Crippen LogP contribution in [0.1, 0.15) is 41.0 Å². The zero-order valence-electron chi connectivity index (χ0n) is 12.4. The van der Waals surface area contributed by atoms with Crippen LogP contribution in [0, 0.1) is 6.92 Å². The maximum Gasteiger partial charge on any atom is 0.261 e. The lowest BCUT2D eigenvalue weighted by molar-refractivity contribution is 0.0983. The molecule has 1 amide bonds. The Balaban J connectivity index is 1.96. The van der Waals surface area contributed by atoms with Gasteiger partial charge in [0.15, 0.2) is 0 Å². The molecule has 1 aliphatic rings. The number of amides is 1. The minimum atomic E-state index is 0.0173. The van der Waals surface area contributed by atoms with Crippen LogP contribution >= 0.6 is 0 Å². The number of hydrogen-bond donors (Lipinski definition) is 2. The number of rotatable bonds is 3. The Kier molecular flexibility index (Phi) is 3.75. The fourth-order valence-electron chi connectivity index (χ4n) is 2.94. The molecule has 5 heteroatoms. The van der Waals surface area contributed by atoms with Gasteiger partial charge in [-0.1, -0.05) is 25.1 Å². The molecule has 2 heterocycles. The molecular weight excluding hydrogens is 264 g/mol. The number of nitrogens with one attached hydrogen (secondary N) is 2. The quantitative estimate of drug-likeness (QED) is 0.910. The average molecular weight is 284 g/mol. The summed E-state index contributed by atoms with van der Waals surface area (Å²) in [5.74, 6) is 0.0173. The Bertz CT molecular complexity index is 649. The van der Waals surface area contributed by atoms with Gasteiger partial charge in [0.2, 0.25) is 0 Å². The molecule has 0 aliphatic carbocycles. The molecule has 1 aromatic carbocycles. The minimum absolute atomic E-state index is 0.0173. The lowest BCUT2D eigenvalue weighted by atomic mass is 9.95. The van der Waals surface area contributed by atoms with E-state index in [0.717, 1.165) is 30.9 Å². The summed E-state index contributed by atoms with van der Waals surface area (Å²) in [4.78, 5) is 14.6. The Labute approximate surface area is 124 Å². The minimum Gasteiger partial charge on any atom is -0.310 e. The predicted molar refractivity (Wildman–Crippen MR) is 82.5 cm³/mol. The lowest BCUT2D eigenvalue weighted by Crippen LogP contribution is -2.39. The van der Waals surface area contributed by atoms with E-state index in [9.17, 15) is 4.79 Å². The first-order valence-corrected chi connectivity index (χ1v) is 7.36. The highest BCUT2D eigenvalue weighted by Crippen LogP contribution is 2.34. The van der Waals surface area contributed by atoms with Crippen molar-refractivity contribution in [1.82, 2.24) is 15.5 Å². The molecule has 0 saturated carbocycles. The smallest absolute Gasteiger partial charge is 0.261 e. The molecule has 0 radical (unpaired) electrons. The molecule has 0 saturated heterocycles. The molecule has 3 rings (SSSR count). The Morgan fingerprint density at radius 3 is 3.00 bits per heavy atom. The Morgan fingerprint density at radius 2 is 2.29 bits per heavy atom. The number of nitrogens with zero attached hydrogens (tertiary/aromatic N) is 2. The number of H-pyrrole nitrogens is 1. The van der Waals surface area contributed by atoms with E-state index in [4.69, 9.17) is 0 Å². The Morgan fingerprint density at radius 1 is 1.48 bits per heavy atom. The van der Waals surface area contributed by atoms with Gasteiger partial charge in [0.25, 0.3) is 5.91 Å². The van der Waals surface area contributed by atoms with Crippen molar-refractivity contribution >= 4 is 11.6 Å². The molecule has 0 fully saturated rings. The number of para-hydroxylation sites is 1. The van der Waals surface area contributed by atoms with Crippen LogP contribution in [0.15, 0.2) is 30.5 Å². The van der Waals surface area contributed by atoms with Crippen LogP contribution in [0.25, 0.3) is 0 Å². The van der Waals surface area contributed by atoms with E-state index in [-0.39, 0.29) is 5.91 Å². The second-order valence-corrected chi connectivity index (χ2v) is 5.32. The maximum absolute atomic E-state index is 12.8. The molecule has 1 unspecified atom stereocenters. The van der Waals surface area contributed by atoms with Crippen LogP contribution in [-0.4, -0.2) is 29.2 Å². The largest absolute Gasteiger partial charge is 0.310 e. The SMILES string of the molecule is CCNC1CCN(C(=O)c2cn[nH]c2C)c2ccccc21. The van der Waals surface area contributed by atoms with E-state index >= 15 is 0 Å². The van der Waals surface area contributed by atoms with Crippen LogP contribution in [0.5, 0.6) is 0 Å². The zero-order valence-corrected chi connectivity index (χ0v) is 12.4. The summed E-state index contributed by atoms with van der Waals surface area (Å²) in [6.45, 7) is 5.62. The van der Waals surface area contributed by atoms with Gasteiger partial charge in [-0.2, -0.15) is 5.10 Å². The zero-order chi connectivity index (χ0) is 14.8. The first kappa shape index (κ1) is 13.8. The number of carbonyl (C=O) groups is 1. The van der Waals surface area contributed by atoms with Gasteiger partial charge in [0.1, 0.15) is 0 Å². The van der Waals surface area contributed by atoms with E-state index in [1.165, 1.54) is 5.56 Å². The summed E-state index contributed by atoms with van der Waals surface area (Å²) >= 11 is 0. The number of aryl methyl sites for hydroxylation is 1. The molecule has 110 valence electrons. The molecule has 1 atom stereocenters. The molecule has 1 aliphatic heterocycles. The summed E-state index contributed by atoms with van der Waals surface area (Å²) in [5.41, 5.74) is 3.65. The topological polar surface area (TPSA) is 61.0 Å². The van der Waals surface area contributed by atoms with E-state index in [2.05, 4.69) is 28.5 Å². The molecule has 2 N–H and O–H groups in total. The number of aromatic amines is 1. The summed E-state index contributed by atoms with van der Waals surface area (Å²) in [6, 6.07) is 8.45. The Hall–Kier alpha value is -2.14. The van der Waals surface area contributed by atoms with E-state index in [1.54, 1.807) is 6.20 Å². The average Bonchev–Trinajstić information content (AvgIpc) is 2.93. The fraction of sp³-hybridized carbons (Fsp3) is 0.375. The second kappa shape index (κ2) is 5.69. The number of anilines is 1. The molecule has 1 aromatic heterocycles. The number of hydrogen-bond acceptors (Lipinski definition) is 3. The third-order valence-electron chi connectivity index (χ3n) is 4.00. The van der Waals surface area contributed by atoms with Gasteiger partial charge in [0, 0.05) is 24.0 Å². The van der Waals surface area contributed by atoms with Crippen molar-refractivity contribution < 1.29 is 4.79 Å². The van der Waals surface area contributed by atoms with Crippen LogP contribution in [-0.2, 0) is 0 Å². The monoisotopic (exact) mass is 284 g/mol. The van der Waals surface area contributed by atoms with Gasteiger partial charge in [-0.15, -0.1) is 0 Å². The summed E-state index contributed by atoms with van der Waals surface area (Å²) in [5, 5.41) is 10.3. The molecular formula is C16H20N4O. The van der Waals surface area contributed by atoms with Gasteiger partial charge in [-0.3, -0.25) is 9.89 Å². The standard InChI is InChI=1S/C16H20N4O/c1-3-17-14-8-9-20(15-7-5-4-6-12(14)15)16(21)13-10-18-19-11(13)2/h4-7,10,14,17H,3,8-9H2,1-2H3,(H,18,19). The van der Waals surface area contributed by atoms with Crippen molar-refractivity contribution in [2.24, 2.45) is 0 Å². The van der Waals surface area contributed by atoms with E-state index < -0.39 is 0 Å². The van der Waals surface area contributed by atoms with E-state index in [0.29, 0.717) is 11.6 Å². The van der Waals surface area contributed by atoms with Crippen molar-refractivity contribution in [3.63, 3.8) is 0 Å². The summed E-state index contributed by atoms with van der Waals surface area (Å²) < 4.78 is 0. The van der Waals surface area contributed by atoms with E-state index in [1.807, 2.05) is 30.0 Å². The van der Waals surface area contributed by atoms with Crippen molar-refractivity contribution in [3.05, 3.63) is 47.3 Å². The first-order valence-electron chi connectivity index (χ1n) is 7.36. The van der Waals surface area contributed by atoms with Crippen LogP contribution in [0.3, 0.4) is 0 Å². The fourth-order valence-corrected chi connectivity index (χ4v) is 2.94. The number of benzene rings is 1. The van der Waals surface area contributed by atoms with Gasteiger partial charge in [0.05, 0.1) is 11.8 Å². The predicted octanol–water partition coefficient (Wildman–Crippen LogP) is 2.42. The molecule has 2 aromatic rings. The van der Waals surface area contributed by atoms with Gasteiger partial charge in [-0.05, 0) is 31.5 Å². The van der Waals surface area contributed by atoms with Gasteiger partial charge < -0.3 is 10.2 Å². The van der Waals surface area contributed by atoms with Gasteiger partial charge >= 0.3 is 0 Å². The van der Waals surface area contributed by atoms with Crippen LogP contribution in [0.4, 0.5) is 5.69 Å². The second-order valence-electron chi connectivity index (χ2n) is 5.32. The maximum atomic E-state index is 12.8. The third-order valence-corrected chi connectivity index (χ3v) is 4.00. The third kappa shape index (κ3) is 2.45. The van der Waals surface area contributed by atoms with Gasteiger partial charge in [-0.25, -0.2) is 0 Å². The van der Waals surface area contributed by atoms with Crippen molar-refractivity contribution in [3.8, 4) is 0 Å². The van der Waals surface area contributed by atoms with Crippen LogP contribution in [0.2, 0.25) is 0 Å². The normalized spacial score (nSPS) is 17.6. The highest BCUT2D eigenvalue weighted by atomic mass is 16.2. The number of carbonyl (C=O) groups excluding carboxylic acids is 1. The van der Waals surface area contributed by atoms with Crippen LogP contribution < -0.4 is 10.2 Å². The summed E-state index contributed by atoms with van der Waals surface area (Å²) in [7, 11) is 0. The molecule has 0 spiro atoms. The molecule has 21 heavy (non-hydrogen) atoms. The molecule has 5 nitrogen and oxygen atoms in total. The highest BCUT2D eigenvalue weighted by molar-refractivity contribution is 6.07.